The molecule has 1 amide bonds. The van der Waals surface area contributed by atoms with Crippen LogP contribution in [-0.2, 0) is 0 Å². The van der Waals surface area contributed by atoms with E-state index in [-0.39, 0.29) is 5.91 Å². The molecule has 7 heteroatoms. The molecular weight excluding hydrogens is 522 g/mol. The highest BCUT2D eigenvalue weighted by atomic mass is 35.5. The zero-order valence-electron chi connectivity index (χ0n) is 18.3. The van der Waals surface area contributed by atoms with Crippen LogP contribution in [0.3, 0.4) is 0 Å². The zero-order valence-corrected chi connectivity index (χ0v) is 21.4. The predicted molar refractivity (Wildman–Crippen MR) is 146 cm³/mol. The fourth-order valence-electron chi connectivity index (χ4n) is 3.71. The van der Waals surface area contributed by atoms with Crippen molar-refractivity contribution >= 4 is 58.5 Å². The van der Waals surface area contributed by atoms with E-state index in [1.807, 2.05) is 54.6 Å². The Kier molecular flexibility index (Phi) is 8.48. The first kappa shape index (κ1) is 25.3. The Morgan fingerprint density at radius 1 is 0.686 bits per heavy atom. The van der Waals surface area contributed by atoms with Gasteiger partial charge in [0, 0.05) is 31.9 Å². The molecule has 0 saturated heterocycles. The third kappa shape index (κ3) is 6.87. The Hall–Kier alpha value is -2.82. The number of carbonyl (C=O) groups is 1. The maximum Gasteiger partial charge on any atom is 0.251 e. The second-order valence-corrected chi connectivity index (χ2v) is 9.60. The van der Waals surface area contributed by atoms with Crippen LogP contribution in [0.15, 0.2) is 102 Å². The van der Waals surface area contributed by atoms with E-state index in [0.29, 0.717) is 25.7 Å². The molecule has 3 nitrogen and oxygen atoms in total. The molecular formula is C28H20Cl4N2O. The molecule has 2 unspecified atom stereocenters. The van der Waals surface area contributed by atoms with E-state index in [4.69, 9.17) is 51.4 Å². The van der Waals surface area contributed by atoms with Crippen LogP contribution in [0.2, 0.25) is 20.1 Å². The van der Waals surface area contributed by atoms with E-state index in [1.165, 1.54) is 0 Å². The lowest BCUT2D eigenvalue weighted by Crippen LogP contribution is -2.32. The van der Waals surface area contributed by atoms with Crippen molar-refractivity contribution in [1.29, 1.82) is 0 Å². The average Bonchev–Trinajstić information content (AvgIpc) is 2.83. The van der Waals surface area contributed by atoms with Gasteiger partial charge >= 0.3 is 0 Å². The number of aliphatic imine (C=N–C) groups is 1. The summed E-state index contributed by atoms with van der Waals surface area (Å²) in [7, 11) is 0. The molecule has 0 aliphatic heterocycles. The second-order valence-electron chi connectivity index (χ2n) is 7.85. The van der Waals surface area contributed by atoms with Crippen molar-refractivity contribution < 1.29 is 4.79 Å². The van der Waals surface area contributed by atoms with E-state index < -0.39 is 12.1 Å². The maximum absolute atomic E-state index is 13.3. The van der Waals surface area contributed by atoms with Crippen molar-refractivity contribution in [2.24, 2.45) is 4.99 Å². The molecule has 176 valence electrons. The van der Waals surface area contributed by atoms with Crippen molar-refractivity contribution in [1.82, 2.24) is 5.32 Å². The summed E-state index contributed by atoms with van der Waals surface area (Å²) in [6.07, 6.45) is 1.74. The molecule has 0 saturated carbocycles. The molecule has 0 aliphatic carbocycles. The van der Waals surface area contributed by atoms with Gasteiger partial charge in [0.25, 0.3) is 5.91 Å². The van der Waals surface area contributed by atoms with Gasteiger partial charge in [0.1, 0.15) is 0 Å². The lowest BCUT2D eigenvalue weighted by atomic mass is 9.93. The number of halogens is 4. The molecule has 0 heterocycles. The van der Waals surface area contributed by atoms with Crippen LogP contribution < -0.4 is 5.32 Å². The van der Waals surface area contributed by atoms with Crippen LogP contribution in [0.1, 0.15) is 39.1 Å². The van der Waals surface area contributed by atoms with Gasteiger partial charge in [-0.2, -0.15) is 0 Å². The minimum absolute atomic E-state index is 0.289. The summed E-state index contributed by atoms with van der Waals surface area (Å²) in [4.78, 5) is 18.2. The Morgan fingerprint density at radius 3 is 1.86 bits per heavy atom. The summed E-state index contributed by atoms with van der Waals surface area (Å²) in [6, 6.07) is 27.8. The van der Waals surface area contributed by atoms with Crippen molar-refractivity contribution in [3.63, 3.8) is 0 Å². The van der Waals surface area contributed by atoms with E-state index in [1.54, 1.807) is 48.7 Å². The molecule has 0 radical (unpaired) electrons. The SMILES string of the molecule is O=C(NC(c1cccc(Cl)c1)C(N=Cc1cccc(Cl)c1)c1cccc(Cl)c1)c1cccc(Cl)c1. The molecule has 0 fully saturated rings. The van der Waals surface area contributed by atoms with Crippen molar-refractivity contribution in [3.8, 4) is 0 Å². The van der Waals surface area contributed by atoms with E-state index in [0.717, 1.165) is 16.7 Å². The lowest BCUT2D eigenvalue weighted by Gasteiger charge is -2.27. The first-order valence-corrected chi connectivity index (χ1v) is 12.3. The Morgan fingerprint density at radius 2 is 1.23 bits per heavy atom. The highest BCUT2D eigenvalue weighted by Crippen LogP contribution is 2.35. The summed E-state index contributed by atoms with van der Waals surface area (Å²) >= 11 is 24.9. The summed E-state index contributed by atoms with van der Waals surface area (Å²) in [6.45, 7) is 0. The van der Waals surface area contributed by atoms with Crippen molar-refractivity contribution in [3.05, 3.63) is 139 Å². The molecule has 0 bridgehead atoms. The Balaban J connectivity index is 1.80. The topological polar surface area (TPSA) is 41.5 Å². The van der Waals surface area contributed by atoms with E-state index >= 15 is 0 Å². The lowest BCUT2D eigenvalue weighted by molar-refractivity contribution is 0.0930. The molecule has 4 aromatic rings. The standard InChI is InChI=1S/C28H20Cl4N2O/c29-22-9-1-5-18(13-22)17-33-26(19-6-2-10-23(30)14-19)27(20-7-3-11-24(31)15-20)34-28(35)21-8-4-12-25(32)16-21/h1-17,26-27H,(H,34,35). The van der Waals surface area contributed by atoms with Gasteiger partial charge in [-0.05, 0) is 71.3 Å². The largest absolute Gasteiger partial charge is 0.343 e. The number of nitrogens with zero attached hydrogens (tertiary/aromatic N) is 1. The second kappa shape index (κ2) is 11.7. The van der Waals surface area contributed by atoms with Gasteiger partial charge in [0.05, 0.1) is 12.1 Å². The van der Waals surface area contributed by atoms with E-state index in [9.17, 15) is 4.79 Å². The zero-order chi connectivity index (χ0) is 24.8. The highest BCUT2D eigenvalue weighted by molar-refractivity contribution is 6.31. The van der Waals surface area contributed by atoms with Crippen LogP contribution in [0.5, 0.6) is 0 Å². The summed E-state index contributed by atoms with van der Waals surface area (Å²) in [5, 5.41) is 5.33. The molecule has 0 aromatic heterocycles. The third-order valence-electron chi connectivity index (χ3n) is 5.32. The van der Waals surface area contributed by atoms with Gasteiger partial charge in [-0.25, -0.2) is 0 Å². The van der Waals surface area contributed by atoms with Crippen molar-refractivity contribution in [2.75, 3.05) is 0 Å². The Bertz CT molecular complexity index is 1370. The first-order chi connectivity index (χ1) is 16.9. The van der Waals surface area contributed by atoms with Gasteiger partial charge in [0.2, 0.25) is 0 Å². The number of hydrogen-bond donors (Lipinski definition) is 1. The quantitative estimate of drug-likeness (QED) is 0.234. The van der Waals surface area contributed by atoms with Crippen molar-refractivity contribution in [2.45, 2.75) is 12.1 Å². The summed E-state index contributed by atoms with van der Waals surface area (Å²) in [5.41, 5.74) is 2.89. The number of benzene rings is 4. The van der Waals surface area contributed by atoms with Crippen LogP contribution in [0.25, 0.3) is 0 Å². The number of carbonyl (C=O) groups excluding carboxylic acids is 1. The molecule has 0 aliphatic rings. The highest BCUT2D eigenvalue weighted by Gasteiger charge is 2.27. The minimum Gasteiger partial charge on any atom is -0.343 e. The summed E-state index contributed by atoms with van der Waals surface area (Å²) < 4.78 is 0. The predicted octanol–water partition coefficient (Wildman–Crippen LogP) is 8.63. The number of nitrogens with one attached hydrogen (secondary N) is 1. The van der Waals surface area contributed by atoms with Gasteiger partial charge in [-0.1, -0.05) is 88.9 Å². The van der Waals surface area contributed by atoms with Gasteiger partial charge in [-0.3, -0.25) is 9.79 Å². The summed E-state index contributed by atoms with van der Waals surface area (Å²) in [5.74, 6) is -0.289. The first-order valence-electron chi connectivity index (χ1n) is 10.7. The molecule has 4 aromatic carbocycles. The van der Waals surface area contributed by atoms with Gasteiger partial charge in [0.15, 0.2) is 0 Å². The fourth-order valence-corrected chi connectivity index (χ4v) is 4.49. The number of rotatable bonds is 7. The average molecular weight is 542 g/mol. The number of hydrogen-bond acceptors (Lipinski definition) is 2. The van der Waals surface area contributed by atoms with Crippen LogP contribution in [-0.4, -0.2) is 12.1 Å². The van der Waals surface area contributed by atoms with Gasteiger partial charge < -0.3 is 5.32 Å². The van der Waals surface area contributed by atoms with Crippen LogP contribution >= 0.6 is 46.4 Å². The monoisotopic (exact) mass is 540 g/mol. The molecule has 2 atom stereocenters. The fraction of sp³-hybridized carbons (Fsp3) is 0.0714. The van der Waals surface area contributed by atoms with E-state index in [2.05, 4.69) is 5.32 Å². The molecule has 1 N–H and O–H groups in total. The van der Waals surface area contributed by atoms with Crippen LogP contribution in [0, 0.1) is 0 Å². The smallest absolute Gasteiger partial charge is 0.251 e. The molecule has 35 heavy (non-hydrogen) atoms. The number of amides is 1. The Labute approximate surface area is 224 Å². The minimum atomic E-state index is -0.561. The third-order valence-corrected chi connectivity index (χ3v) is 6.26. The normalized spacial score (nSPS) is 12.9. The maximum atomic E-state index is 13.3. The van der Waals surface area contributed by atoms with Gasteiger partial charge in [-0.15, -0.1) is 0 Å². The molecule has 0 spiro atoms. The molecule has 4 rings (SSSR count). The van der Waals surface area contributed by atoms with Crippen LogP contribution in [0.4, 0.5) is 0 Å².